The van der Waals surface area contributed by atoms with Gasteiger partial charge in [0.05, 0.1) is 22.1 Å². The van der Waals surface area contributed by atoms with Crippen LogP contribution in [-0.2, 0) is 0 Å². The van der Waals surface area contributed by atoms with Gasteiger partial charge in [0.15, 0.2) is 0 Å². The quantitative estimate of drug-likeness (QED) is 0.188. The number of benzene rings is 8. The highest BCUT2D eigenvalue weighted by atomic mass is 15.3. The summed E-state index contributed by atoms with van der Waals surface area (Å²) in [6.07, 6.45) is -0.318. The average Bonchev–Trinajstić information content (AvgIpc) is 3.75. The van der Waals surface area contributed by atoms with Crippen molar-refractivity contribution in [1.82, 2.24) is 19.8 Å². The summed E-state index contributed by atoms with van der Waals surface area (Å²) in [6, 6.07) is 67.5. The lowest BCUT2D eigenvalue weighted by Crippen LogP contribution is -2.44. The summed E-state index contributed by atoms with van der Waals surface area (Å²) in [4.78, 5) is 5.27. The molecule has 0 amide bonds. The maximum absolute atomic E-state index is 5.27. The molecule has 0 aliphatic carbocycles. The van der Waals surface area contributed by atoms with E-state index in [-0.39, 0.29) is 12.3 Å². The third-order valence-corrected chi connectivity index (χ3v) is 11.0. The fourth-order valence-corrected chi connectivity index (χ4v) is 8.40. The first kappa shape index (κ1) is 30.7. The van der Waals surface area contributed by atoms with Crippen molar-refractivity contribution in [1.29, 1.82) is 0 Å². The normalized spacial score (nSPS) is 16.0. The van der Waals surface area contributed by atoms with Crippen LogP contribution in [0.25, 0.3) is 65.8 Å². The number of para-hydroxylation sites is 3. The second-order valence-electron chi connectivity index (χ2n) is 14.1. The van der Waals surface area contributed by atoms with E-state index in [2.05, 4.69) is 208 Å². The van der Waals surface area contributed by atoms with Crippen LogP contribution in [0.4, 0.5) is 0 Å². The molecular formula is C49H35N5. The van der Waals surface area contributed by atoms with Crippen LogP contribution in [0, 0.1) is 0 Å². The number of rotatable bonds is 5. The zero-order valence-corrected chi connectivity index (χ0v) is 29.4. The summed E-state index contributed by atoms with van der Waals surface area (Å²) in [5, 5.41) is 14.9. The minimum atomic E-state index is -0.214. The fourth-order valence-electron chi connectivity index (χ4n) is 8.40. The van der Waals surface area contributed by atoms with Crippen LogP contribution in [0.1, 0.15) is 29.0 Å². The Bertz CT molecular complexity index is 3050. The number of nitrogens with one attached hydrogen (secondary N) is 2. The van der Waals surface area contributed by atoms with Crippen LogP contribution in [0.3, 0.4) is 0 Å². The summed E-state index contributed by atoms with van der Waals surface area (Å²) < 4.78 is 4.80. The van der Waals surface area contributed by atoms with Crippen molar-refractivity contribution in [2.75, 3.05) is 0 Å². The molecule has 11 rings (SSSR count). The molecule has 2 unspecified atom stereocenters. The topological polar surface area (TPSA) is 46.3 Å². The average molecular weight is 694 g/mol. The molecule has 10 aromatic rings. The van der Waals surface area contributed by atoms with Gasteiger partial charge in [-0.05, 0) is 88.6 Å². The van der Waals surface area contributed by atoms with Gasteiger partial charge in [0.2, 0.25) is 0 Å². The highest BCUT2D eigenvalue weighted by molar-refractivity contribution is 6.19. The molecule has 3 heterocycles. The van der Waals surface area contributed by atoms with Gasteiger partial charge in [-0.1, -0.05) is 121 Å². The monoisotopic (exact) mass is 693 g/mol. The highest BCUT2D eigenvalue weighted by Gasteiger charge is 2.26. The van der Waals surface area contributed by atoms with Crippen LogP contribution < -0.4 is 10.6 Å². The van der Waals surface area contributed by atoms with Gasteiger partial charge in [-0.25, -0.2) is 4.99 Å². The Hall–Kier alpha value is -6.95. The van der Waals surface area contributed by atoms with Crippen LogP contribution in [-0.4, -0.2) is 15.0 Å². The molecule has 256 valence electrons. The van der Waals surface area contributed by atoms with Crippen LogP contribution in [0.5, 0.6) is 0 Å². The highest BCUT2D eigenvalue weighted by Crippen LogP contribution is 2.39. The number of aromatic nitrogens is 2. The fraction of sp³-hybridized carbons (Fsp3) is 0.0408. The molecule has 0 saturated heterocycles. The van der Waals surface area contributed by atoms with Crippen LogP contribution in [0.2, 0.25) is 0 Å². The van der Waals surface area contributed by atoms with Gasteiger partial charge in [-0.15, -0.1) is 0 Å². The first-order valence-corrected chi connectivity index (χ1v) is 18.5. The Morgan fingerprint density at radius 3 is 1.63 bits per heavy atom. The number of aliphatic imine (C=N–C) groups is 1. The molecule has 1 aliphatic rings. The smallest absolute Gasteiger partial charge is 0.131 e. The minimum absolute atomic E-state index is 0.104. The Kier molecular flexibility index (Phi) is 7.00. The van der Waals surface area contributed by atoms with E-state index in [1.165, 1.54) is 54.4 Å². The number of hydrogen-bond donors (Lipinski definition) is 2. The molecule has 2 aromatic heterocycles. The van der Waals surface area contributed by atoms with Crippen molar-refractivity contribution in [3.63, 3.8) is 0 Å². The molecular weight excluding hydrogens is 659 g/mol. The van der Waals surface area contributed by atoms with Crippen molar-refractivity contribution < 1.29 is 0 Å². The molecule has 0 spiro atoms. The van der Waals surface area contributed by atoms with E-state index < -0.39 is 0 Å². The number of fused-ring (bicyclic) bond motifs is 7. The standard InChI is InChI=1S/C49H35N5/c1-3-14-33(15-4-1)47-50-48(52-49(51-47)36-24-23-32-13-7-8-16-35(32)29-36)34-25-27-38(28-26-34)54-44-22-12-10-20-40(44)42-30-45-41(31-46(42)54)39-19-9-11-21-43(39)53(45)37-17-5-2-6-18-37/h1-31,47,49,51H,(H,50,52). The van der Waals surface area contributed by atoms with Gasteiger partial charge in [0, 0.05) is 38.5 Å². The van der Waals surface area contributed by atoms with Crippen molar-refractivity contribution >= 4 is 60.2 Å². The largest absolute Gasteiger partial charge is 0.350 e. The molecule has 5 heteroatoms. The molecule has 2 atom stereocenters. The maximum Gasteiger partial charge on any atom is 0.131 e. The zero-order valence-electron chi connectivity index (χ0n) is 29.4. The molecule has 54 heavy (non-hydrogen) atoms. The summed E-state index contributed by atoms with van der Waals surface area (Å²) in [6.45, 7) is 0. The van der Waals surface area contributed by atoms with Crippen LogP contribution >= 0.6 is 0 Å². The molecule has 0 bridgehead atoms. The van der Waals surface area contributed by atoms with E-state index in [1.807, 2.05) is 0 Å². The summed E-state index contributed by atoms with van der Waals surface area (Å²) in [5.74, 6) is 0.866. The summed E-state index contributed by atoms with van der Waals surface area (Å²) in [7, 11) is 0. The van der Waals surface area contributed by atoms with Gasteiger partial charge in [0.25, 0.3) is 0 Å². The summed E-state index contributed by atoms with van der Waals surface area (Å²) in [5.41, 5.74) is 10.4. The van der Waals surface area contributed by atoms with Crippen molar-refractivity contribution in [3.8, 4) is 11.4 Å². The van der Waals surface area contributed by atoms with E-state index in [1.54, 1.807) is 0 Å². The van der Waals surface area contributed by atoms with E-state index in [4.69, 9.17) is 4.99 Å². The Morgan fingerprint density at radius 1 is 0.407 bits per heavy atom. The first-order chi connectivity index (χ1) is 26.8. The predicted molar refractivity (Wildman–Crippen MR) is 224 cm³/mol. The molecule has 1 aliphatic heterocycles. The molecule has 0 fully saturated rings. The van der Waals surface area contributed by atoms with Crippen molar-refractivity contribution in [3.05, 3.63) is 205 Å². The molecule has 0 radical (unpaired) electrons. The summed E-state index contributed by atoms with van der Waals surface area (Å²) >= 11 is 0. The van der Waals surface area contributed by atoms with Crippen molar-refractivity contribution in [2.45, 2.75) is 12.3 Å². The molecule has 5 nitrogen and oxygen atoms in total. The number of hydrogen-bond acceptors (Lipinski definition) is 3. The lowest BCUT2D eigenvalue weighted by Gasteiger charge is -2.32. The SMILES string of the molecule is c1ccc(C2NC(c3ccc(-n4c5ccccc5c5cc6c(cc54)c4ccccc4n6-c4ccccc4)cc3)=NC(c3ccc4ccccc4c3)N2)cc1. The lowest BCUT2D eigenvalue weighted by atomic mass is 10.0. The Labute approximate surface area is 312 Å². The first-order valence-electron chi connectivity index (χ1n) is 18.5. The maximum atomic E-state index is 5.27. The number of amidine groups is 1. The second kappa shape index (κ2) is 12.3. The van der Waals surface area contributed by atoms with Crippen molar-refractivity contribution in [2.24, 2.45) is 4.99 Å². The van der Waals surface area contributed by atoms with E-state index in [9.17, 15) is 0 Å². The van der Waals surface area contributed by atoms with Gasteiger partial charge in [-0.2, -0.15) is 0 Å². The van der Waals surface area contributed by atoms with Crippen LogP contribution in [0.15, 0.2) is 193 Å². The second-order valence-corrected chi connectivity index (χ2v) is 14.1. The Balaban J connectivity index is 1.05. The third kappa shape index (κ3) is 4.94. The van der Waals surface area contributed by atoms with E-state index in [0.717, 1.165) is 33.9 Å². The van der Waals surface area contributed by atoms with E-state index in [0.29, 0.717) is 0 Å². The minimum Gasteiger partial charge on any atom is -0.350 e. The molecule has 2 N–H and O–H groups in total. The van der Waals surface area contributed by atoms with Gasteiger partial charge < -0.3 is 14.5 Å². The zero-order chi connectivity index (χ0) is 35.6. The molecule has 0 saturated carbocycles. The number of nitrogens with zero attached hydrogens (tertiary/aromatic N) is 3. The third-order valence-electron chi connectivity index (χ3n) is 11.0. The van der Waals surface area contributed by atoms with Gasteiger partial charge in [-0.3, -0.25) is 5.32 Å². The van der Waals surface area contributed by atoms with Gasteiger partial charge in [0.1, 0.15) is 18.2 Å². The Morgan fingerprint density at radius 2 is 0.963 bits per heavy atom. The van der Waals surface area contributed by atoms with E-state index >= 15 is 0 Å². The van der Waals surface area contributed by atoms with Gasteiger partial charge >= 0.3 is 0 Å². The lowest BCUT2D eigenvalue weighted by molar-refractivity contribution is 0.409. The predicted octanol–water partition coefficient (Wildman–Crippen LogP) is 11.4. The molecule has 8 aromatic carbocycles.